The van der Waals surface area contributed by atoms with Gasteiger partial charge in [-0.25, -0.2) is 4.98 Å². The SMILES string of the molecule is Cn1ccnc1CCC(O)c1coc2ccccc12. The number of hydrogen-bond donors (Lipinski definition) is 1. The topological polar surface area (TPSA) is 51.2 Å². The minimum atomic E-state index is -0.527. The van der Waals surface area contributed by atoms with Gasteiger partial charge in [0.25, 0.3) is 0 Å². The number of benzene rings is 1. The Morgan fingerprint density at radius 3 is 3.00 bits per heavy atom. The maximum absolute atomic E-state index is 10.3. The minimum Gasteiger partial charge on any atom is -0.464 e. The Balaban J connectivity index is 1.77. The zero-order valence-electron chi connectivity index (χ0n) is 10.8. The van der Waals surface area contributed by atoms with Crippen LogP contribution in [0.4, 0.5) is 0 Å². The van der Waals surface area contributed by atoms with Crippen molar-refractivity contribution in [3.63, 3.8) is 0 Å². The van der Waals surface area contributed by atoms with E-state index in [0.717, 1.165) is 28.8 Å². The van der Waals surface area contributed by atoms with Crippen molar-refractivity contribution in [3.8, 4) is 0 Å². The molecule has 0 fully saturated rings. The first kappa shape index (κ1) is 12.0. The van der Waals surface area contributed by atoms with Gasteiger partial charge in [-0.3, -0.25) is 0 Å². The van der Waals surface area contributed by atoms with Gasteiger partial charge in [-0.15, -0.1) is 0 Å². The van der Waals surface area contributed by atoms with Crippen molar-refractivity contribution in [1.82, 2.24) is 9.55 Å². The number of furan rings is 1. The number of rotatable bonds is 4. The Morgan fingerprint density at radius 2 is 2.21 bits per heavy atom. The van der Waals surface area contributed by atoms with Crippen molar-refractivity contribution in [2.24, 2.45) is 7.05 Å². The molecule has 2 aromatic heterocycles. The first-order valence-electron chi connectivity index (χ1n) is 6.36. The van der Waals surface area contributed by atoms with E-state index in [9.17, 15) is 5.11 Å². The molecule has 19 heavy (non-hydrogen) atoms. The predicted octanol–water partition coefficient (Wildman–Crippen LogP) is 2.83. The molecule has 0 bridgehead atoms. The molecule has 1 unspecified atom stereocenters. The lowest BCUT2D eigenvalue weighted by atomic mass is 10.0. The number of fused-ring (bicyclic) bond motifs is 1. The molecule has 0 amide bonds. The highest BCUT2D eigenvalue weighted by Gasteiger charge is 2.15. The van der Waals surface area contributed by atoms with Gasteiger partial charge in [0, 0.05) is 36.8 Å². The van der Waals surface area contributed by atoms with E-state index < -0.39 is 6.10 Å². The maximum Gasteiger partial charge on any atom is 0.134 e. The van der Waals surface area contributed by atoms with Gasteiger partial charge in [0.2, 0.25) is 0 Å². The Bertz CT molecular complexity index is 684. The molecule has 0 aliphatic rings. The number of aryl methyl sites for hydroxylation is 2. The normalized spacial score (nSPS) is 12.9. The van der Waals surface area contributed by atoms with Crippen molar-refractivity contribution >= 4 is 11.0 Å². The fourth-order valence-electron chi connectivity index (χ4n) is 2.32. The predicted molar refractivity (Wildman–Crippen MR) is 72.7 cm³/mol. The van der Waals surface area contributed by atoms with E-state index >= 15 is 0 Å². The standard InChI is InChI=1S/C15H16N2O2/c1-17-9-8-16-15(17)7-6-13(18)12-10-19-14-5-3-2-4-11(12)14/h2-5,8-10,13,18H,6-7H2,1H3. The highest BCUT2D eigenvalue weighted by atomic mass is 16.3. The summed E-state index contributed by atoms with van der Waals surface area (Å²) < 4.78 is 7.42. The Hall–Kier alpha value is -2.07. The fraction of sp³-hybridized carbons (Fsp3) is 0.267. The summed E-state index contributed by atoms with van der Waals surface area (Å²) in [6, 6.07) is 7.76. The lowest BCUT2D eigenvalue weighted by molar-refractivity contribution is 0.167. The molecule has 0 spiro atoms. The molecule has 4 heteroatoms. The van der Waals surface area contributed by atoms with Crippen molar-refractivity contribution in [2.75, 3.05) is 0 Å². The summed E-state index contributed by atoms with van der Waals surface area (Å²) in [7, 11) is 1.96. The zero-order valence-corrected chi connectivity index (χ0v) is 10.8. The number of aliphatic hydroxyl groups is 1. The average Bonchev–Trinajstić information content (AvgIpc) is 3.02. The third-order valence-corrected chi connectivity index (χ3v) is 3.43. The van der Waals surface area contributed by atoms with Gasteiger partial charge in [0.1, 0.15) is 11.4 Å². The first-order valence-corrected chi connectivity index (χ1v) is 6.36. The average molecular weight is 256 g/mol. The molecule has 4 nitrogen and oxygen atoms in total. The second kappa shape index (κ2) is 4.90. The quantitative estimate of drug-likeness (QED) is 0.781. The summed E-state index contributed by atoms with van der Waals surface area (Å²) in [5, 5.41) is 11.3. The van der Waals surface area contributed by atoms with E-state index in [4.69, 9.17) is 4.42 Å². The van der Waals surface area contributed by atoms with Crippen molar-refractivity contribution in [2.45, 2.75) is 18.9 Å². The highest BCUT2D eigenvalue weighted by Crippen LogP contribution is 2.28. The largest absolute Gasteiger partial charge is 0.464 e. The molecule has 0 aliphatic carbocycles. The molecule has 1 aromatic carbocycles. The van der Waals surface area contributed by atoms with Gasteiger partial charge in [-0.2, -0.15) is 0 Å². The van der Waals surface area contributed by atoms with Crippen LogP contribution in [0.5, 0.6) is 0 Å². The van der Waals surface area contributed by atoms with E-state index in [-0.39, 0.29) is 0 Å². The minimum absolute atomic E-state index is 0.527. The summed E-state index contributed by atoms with van der Waals surface area (Å²) in [5.74, 6) is 0.979. The summed E-state index contributed by atoms with van der Waals surface area (Å²) in [6.45, 7) is 0. The molecule has 0 saturated carbocycles. The number of aliphatic hydroxyl groups excluding tert-OH is 1. The number of nitrogens with zero attached hydrogens (tertiary/aromatic N) is 2. The summed E-state index contributed by atoms with van der Waals surface area (Å²) in [6.07, 6.45) is 6.18. The molecule has 0 saturated heterocycles. The highest BCUT2D eigenvalue weighted by molar-refractivity contribution is 5.81. The smallest absolute Gasteiger partial charge is 0.134 e. The van der Waals surface area contributed by atoms with Crippen LogP contribution in [0.1, 0.15) is 23.9 Å². The van der Waals surface area contributed by atoms with E-state index in [2.05, 4.69) is 4.98 Å². The maximum atomic E-state index is 10.3. The van der Waals surface area contributed by atoms with E-state index in [0.29, 0.717) is 6.42 Å². The van der Waals surface area contributed by atoms with Gasteiger partial charge in [0.05, 0.1) is 12.4 Å². The van der Waals surface area contributed by atoms with Crippen molar-refractivity contribution < 1.29 is 9.52 Å². The summed E-state index contributed by atoms with van der Waals surface area (Å²) in [5.41, 5.74) is 1.67. The Kier molecular flexibility index (Phi) is 3.09. The first-order chi connectivity index (χ1) is 9.25. The monoisotopic (exact) mass is 256 g/mol. The fourth-order valence-corrected chi connectivity index (χ4v) is 2.32. The van der Waals surface area contributed by atoms with Crippen molar-refractivity contribution in [3.05, 3.63) is 54.3 Å². The Morgan fingerprint density at radius 1 is 1.37 bits per heavy atom. The van der Waals surface area contributed by atoms with Crippen LogP contribution in [0.3, 0.4) is 0 Å². The second-order valence-electron chi connectivity index (χ2n) is 4.70. The number of aromatic nitrogens is 2. The molecule has 3 aromatic rings. The van der Waals surface area contributed by atoms with E-state index in [1.807, 2.05) is 42.1 Å². The van der Waals surface area contributed by atoms with Gasteiger partial charge in [-0.1, -0.05) is 18.2 Å². The van der Waals surface area contributed by atoms with Crippen LogP contribution in [0.25, 0.3) is 11.0 Å². The molecule has 3 rings (SSSR count). The van der Waals surface area contributed by atoms with Crippen molar-refractivity contribution in [1.29, 1.82) is 0 Å². The summed E-state index contributed by atoms with van der Waals surface area (Å²) >= 11 is 0. The van der Waals surface area contributed by atoms with Gasteiger partial charge >= 0.3 is 0 Å². The van der Waals surface area contributed by atoms with Crippen LogP contribution >= 0.6 is 0 Å². The zero-order chi connectivity index (χ0) is 13.2. The van der Waals surface area contributed by atoms with Gasteiger partial charge in [-0.05, 0) is 12.5 Å². The van der Waals surface area contributed by atoms with Gasteiger partial charge < -0.3 is 14.1 Å². The van der Waals surface area contributed by atoms with E-state index in [1.165, 1.54) is 0 Å². The number of imidazole rings is 1. The number of para-hydroxylation sites is 1. The van der Waals surface area contributed by atoms with E-state index in [1.54, 1.807) is 12.5 Å². The molecule has 2 heterocycles. The van der Waals surface area contributed by atoms with Crippen LogP contribution in [-0.2, 0) is 13.5 Å². The molecule has 1 atom stereocenters. The van der Waals surface area contributed by atoms with Crippen LogP contribution in [-0.4, -0.2) is 14.7 Å². The molecular formula is C15H16N2O2. The van der Waals surface area contributed by atoms with Crippen LogP contribution < -0.4 is 0 Å². The lowest BCUT2D eigenvalue weighted by Crippen LogP contribution is -2.03. The number of hydrogen-bond acceptors (Lipinski definition) is 3. The van der Waals surface area contributed by atoms with Crippen LogP contribution in [0.2, 0.25) is 0 Å². The summed E-state index contributed by atoms with van der Waals surface area (Å²) in [4.78, 5) is 4.26. The molecular weight excluding hydrogens is 240 g/mol. The lowest BCUT2D eigenvalue weighted by Gasteiger charge is -2.08. The van der Waals surface area contributed by atoms with Gasteiger partial charge in [0.15, 0.2) is 0 Å². The molecule has 0 radical (unpaired) electrons. The Labute approximate surface area is 111 Å². The second-order valence-corrected chi connectivity index (χ2v) is 4.70. The van der Waals surface area contributed by atoms with Crippen LogP contribution in [0, 0.1) is 0 Å². The molecule has 98 valence electrons. The molecule has 1 N–H and O–H groups in total. The van der Waals surface area contributed by atoms with Crippen LogP contribution in [0.15, 0.2) is 47.3 Å². The third kappa shape index (κ3) is 2.27. The molecule has 0 aliphatic heterocycles. The third-order valence-electron chi connectivity index (χ3n) is 3.43.